The zero-order valence-corrected chi connectivity index (χ0v) is 10.9. The number of aliphatic carboxylic acids is 1. The molecule has 102 valence electrons. The van der Waals surface area contributed by atoms with Gasteiger partial charge in [0.2, 0.25) is 5.91 Å². The fourth-order valence-electron chi connectivity index (χ4n) is 3.30. The number of nitrogens with one attached hydrogen (secondary N) is 1. The van der Waals surface area contributed by atoms with Crippen molar-refractivity contribution in [2.45, 2.75) is 45.1 Å². The van der Waals surface area contributed by atoms with Gasteiger partial charge >= 0.3 is 5.97 Å². The lowest BCUT2D eigenvalue weighted by atomic mass is 9.98. The molecule has 0 saturated heterocycles. The van der Waals surface area contributed by atoms with Crippen molar-refractivity contribution >= 4 is 11.9 Å². The molecule has 0 aromatic heterocycles. The zero-order chi connectivity index (χ0) is 13.6. The molecule has 5 nitrogen and oxygen atoms in total. The Balaban J connectivity index is 2.03. The number of aliphatic hydroxyl groups is 1. The van der Waals surface area contributed by atoms with E-state index in [0.29, 0.717) is 0 Å². The Morgan fingerprint density at radius 1 is 1.22 bits per heavy atom. The molecule has 0 spiro atoms. The van der Waals surface area contributed by atoms with Gasteiger partial charge in [0.25, 0.3) is 0 Å². The van der Waals surface area contributed by atoms with Crippen LogP contribution in [0, 0.1) is 17.3 Å². The van der Waals surface area contributed by atoms with Crippen LogP contribution in [0.25, 0.3) is 0 Å². The van der Waals surface area contributed by atoms with Gasteiger partial charge in [-0.3, -0.25) is 9.59 Å². The van der Waals surface area contributed by atoms with E-state index in [4.69, 9.17) is 5.11 Å². The van der Waals surface area contributed by atoms with Crippen molar-refractivity contribution in [2.24, 2.45) is 17.3 Å². The lowest BCUT2D eigenvalue weighted by Crippen LogP contribution is -2.50. The standard InChI is InChI=1S/C13H21NO4/c1-12(2)8(9(12)11(17)18)10(16)14-13(7-15)5-3-4-6-13/h8-9,15H,3-7H2,1-2H3,(H,14,16)(H,17,18)/t8-,9+/m1/s1. The van der Waals surface area contributed by atoms with Crippen LogP contribution in [-0.2, 0) is 9.59 Å². The Hall–Kier alpha value is -1.10. The summed E-state index contributed by atoms with van der Waals surface area (Å²) < 4.78 is 0. The van der Waals surface area contributed by atoms with Crippen LogP contribution < -0.4 is 5.32 Å². The molecule has 0 aromatic carbocycles. The highest BCUT2D eigenvalue weighted by atomic mass is 16.4. The zero-order valence-electron chi connectivity index (χ0n) is 10.9. The van der Waals surface area contributed by atoms with Crippen molar-refractivity contribution in [1.82, 2.24) is 5.32 Å². The number of carboxylic acids is 1. The van der Waals surface area contributed by atoms with Crippen molar-refractivity contribution in [3.8, 4) is 0 Å². The molecule has 2 aliphatic carbocycles. The number of rotatable bonds is 4. The second kappa shape index (κ2) is 4.23. The van der Waals surface area contributed by atoms with Crippen LogP contribution in [-0.4, -0.2) is 34.2 Å². The van der Waals surface area contributed by atoms with Gasteiger partial charge in [-0.1, -0.05) is 26.7 Å². The van der Waals surface area contributed by atoms with Crippen LogP contribution in [0.2, 0.25) is 0 Å². The van der Waals surface area contributed by atoms with Gasteiger partial charge in [-0.2, -0.15) is 0 Å². The largest absolute Gasteiger partial charge is 0.481 e. The Labute approximate surface area is 107 Å². The second-order valence-electron chi connectivity index (χ2n) is 6.25. The van der Waals surface area contributed by atoms with Crippen LogP contribution in [0.3, 0.4) is 0 Å². The van der Waals surface area contributed by atoms with E-state index in [1.807, 2.05) is 0 Å². The van der Waals surface area contributed by atoms with Gasteiger partial charge in [-0.15, -0.1) is 0 Å². The minimum atomic E-state index is -0.912. The summed E-state index contributed by atoms with van der Waals surface area (Å²) in [5.74, 6) is -2.21. The van der Waals surface area contributed by atoms with Crippen LogP contribution in [0.15, 0.2) is 0 Å². The molecular formula is C13H21NO4. The molecule has 0 aromatic rings. The van der Waals surface area contributed by atoms with Gasteiger partial charge in [-0.05, 0) is 18.3 Å². The van der Waals surface area contributed by atoms with Crippen molar-refractivity contribution in [3.05, 3.63) is 0 Å². The Morgan fingerprint density at radius 3 is 2.17 bits per heavy atom. The van der Waals surface area contributed by atoms with Crippen molar-refractivity contribution < 1.29 is 19.8 Å². The highest BCUT2D eigenvalue weighted by Gasteiger charge is 2.66. The van der Waals surface area contributed by atoms with Crippen molar-refractivity contribution in [2.75, 3.05) is 6.61 Å². The van der Waals surface area contributed by atoms with Crippen LogP contribution >= 0.6 is 0 Å². The van der Waals surface area contributed by atoms with E-state index in [1.165, 1.54) is 0 Å². The Bertz CT molecular complexity index is 371. The first-order valence-electron chi connectivity index (χ1n) is 6.50. The third kappa shape index (κ3) is 2.00. The van der Waals surface area contributed by atoms with E-state index in [2.05, 4.69) is 5.32 Å². The maximum Gasteiger partial charge on any atom is 0.307 e. The predicted octanol–water partition coefficient (Wildman–Crippen LogP) is 0.764. The van der Waals surface area contributed by atoms with Crippen LogP contribution in [0.5, 0.6) is 0 Å². The molecule has 0 unspecified atom stereocenters. The summed E-state index contributed by atoms with van der Waals surface area (Å²) in [4.78, 5) is 23.2. The molecule has 1 amide bonds. The maximum absolute atomic E-state index is 12.2. The van der Waals surface area contributed by atoms with Gasteiger partial charge in [0.1, 0.15) is 0 Å². The SMILES string of the molecule is CC1(C)[C@H](C(=O)O)[C@@H]1C(=O)NC1(CO)CCCC1. The molecule has 2 rings (SSSR count). The molecule has 2 aliphatic rings. The molecule has 0 radical (unpaired) electrons. The van der Waals surface area contributed by atoms with E-state index in [9.17, 15) is 14.7 Å². The number of amides is 1. The summed E-state index contributed by atoms with van der Waals surface area (Å²) in [6, 6.07) is 0. The number of carbonyl (C=O) groups is 2. The quantitative estimate of drug-likeness (QED) is 0.692. The number of carbonyl (C=O) groups excluding carboxylic acids is 1. The molecule has 0 aliphatic heterocycles. The van der Waals surface area contributed by atoms with Crippen molar-refractivity contribution in [3.63, 3.8) is 0 Å². The van der Waals surface area contributed by atoms with E-state index in [1.54, 1.807) is 13.8 Å². The van der Waals surface area contributed by atoms with Gasteiger partial charge in [0.15, 0.2) is 0 Å². The molecule has 2 saturated carbocycles. The fraction of sp³-hybridized carbons (Fsp3) is 0.846. The summed E-state index contributed by atoms with van der Waals surface area (Å²) in [5, 5.41) is 21.4. The number of carboxylic acid groups (broad SMARTS) is 1. The van der Waals surface area contributed by atoms with E-state index < -0.39 is 28.8 Å². The highest BCUT2D eigenvalue weighted by Crippen LogP contribution is 2.58. The van der Waals surface area contributed by atoms with Crippen molar-refractivity contribution in [1.29, 1.82) is 0 Å². The summed E-state index contributed by atoms with van der Waals surface area (Å²) in [6.45, 7) is 3.54. The molecular weight excluding hydrogens is 234 g/mol. The summed E-state index contributed by atoms with van der Waals surface area (Å²) in [6.07, 6.45) is 3.55. The molecule has 18 heavy (non-hydrogen) atoms. The normalized spacial score (nSPS) is 31.9. The second-order valence-corrected chi connectivity index (χ2v) is 6.25. The number of hydrogen-bond acceptors (Lipinski definition) is 3. The van der Waals surface area contributed by atoms with E-state index >= 15 is 0 Å². The smallest absolute Gasteiger partial charge is 0.307 e. The van der Waals surface area contributed by atoms with E-state index in [0.717, 1.165) is 25.7 Å². The molecule has 3 N–H and O–H groups in total. The minimum Gasteiger partial charge on any atom is -0.481 e. The lowest BCUT2D eigenvalue weighted by molar-refractivity contribution is -0.140. The first kappa shape index (κ1) is 13.3. The minimum absolute atomic E-state index is 0.0658. The van der Waals surface area contributed by atoms with E-state index in [-0.39, 0.29) is 12.5 Å². The average molecular weight is 255 g/mol. The predicted molar refractivity (Wildman–Crippen MR) is 64.8 cm³/mol. The van der Waals surface area contributed by atoms with Gasteiger partial charge < -0.3 is 15.5 Å². The van der Waals surface area contributed by atoms with Gasteiger partial charge in [0, 0.05) is 0 Å². The van der Waals surface area contributed by atoms with Crippen LogP contribution in [0.1, 0.15) is 39.5 Å². The molecule has 5 heteroatoms. The number of hydrogen-bond donors (Lipinski definition) is 3. The molecule has 0 bridgehead atoms. The lowest BCUT2D eigenvalue weighted by Gasteiger charge is -2.28. The summed E-state index contributed by atoms with van der Waals surface area (Å²) in [7, 11) is 0. The van der Waals surface area contributed by atoms with Gasteiger partial charge in [-0.25, -0.2) is 0 Å². The third-order valence-corrected chi connectivity index (χ3v) is 4.63. The highest BCUT2D eigenvalue weighted by molar-refractivity contribution is 5.92. The molecule has 2 fully saturated rings. The van der Waals surface area contributed by atoms with Gasteiger partial charge in [0.05, 0.1) is 24.0 Å². The summed E-state index contributed by atoms with van der Waals surface area (Å²) in [5.41, 5.74) is -0.996. The Morgan fingerprint density at radius 2 is 1.78 bits per heavy atom. The average Bonchev–Trinajstić information content (AvgIpc) is 2.67. The fourth-order valence-corrected chi connectivity index (χ4v) is 3.30. The summed E-state index contributed by atoms with van der Waals surface area (Å²) >= 11 is 0. The maximum atomic E-state index is 12.2. The topological polar surface area (TPSA) is 86.6 Å². The third-order valence-electron chi connectivity index (χ3n) is 4.63. The molecule has 2 atom stereocenters. The molecule has 0 heterocycles. The Kier molecular flexibility index (Phi) is 3.13. The monoisotopic (exact) mass is 255 g/mol. The number of aliphatic hydroxyl groups excluding tert-OH is 1. The van der Waals surface area contributed by atoms with Crippen LogP contribution in [0.4, 0.5) is 0 Å². The first-order valence-corrected chi connectivity index (χ1v) is 6.50. The first-order chi connectivity index (χ1) is 8.34.